The van der Waals surface area contributed by atoms with E-state index in [0.717, 1.165) is 6.54 Å². The van der Waals surface area contributed by atoms with Crippen LogP contribution in [-0.4, -0.2) is 13.2 Å². The molecule has 0 amide bonds. The monoisotopic (exact) mass is 283 g/mol. The maximum absolute atomic E-state index is 5.90. The Morgan fingerprint density at radius 3 is 2.43 bits per heavy atom. The maximum Gasteiger partial charge on any atom is 0.0717 e. The lowest BCUT2D eigenvalue weighted by molar-refractivity contribution is 0.0990. The normalized spacial score (nSPS) is 12.3. The third-order valence-corrected chi connectivity index (χ3v) is 3.78. The molecule has 112 valence electrons. The molecule has 0 bridgehead atoms. The second-order valence-corrected chi connectivity index (χ2v) is 5.45. The Kier molecular flexibility index (Phi) is 5.97. The fourth-order valence-electron chi connectivity index (χ4n) is 2.37. The molecular weight excluding hydrogens is 258 g/mol. The van der Waals surface area contributed by atoms with Gasteiger partial charge in [-0.2, -0.15) is 0 Å². The molecule has 2 rings (SSSR count). The standard InChI is InChI=1S/C19H25NO/c1-4-20-19(18-11-10-15(2)16(3)12-18)14-21-13-17-8-6-5-7-9-17/h5-12,19-20H,4,13-14H2,1-3H3. The van der Waals surface area contributed by atoms with E-state index in [-0.39, 0.29) is 6.04 Å². The molecule has 1 atom stereocenters. The number of ether oxygens (including phenoxy) is 1. The first-order chi connectivity index (χ1) is 10.2. The van der Waals surface area contributed by atoms with Crippen LogP contribution in [0.1, 0.15) is 35.2 Å². The Balaban J connectivity index is 1.97. The van der Waals surface area contributed by atoms with E-state index in [1.807, 2.05) is 18.2 Å². The Bertz CT molecular complexity index is 551. The second-order valence-electron chi connectivity index (χ2n) is 5.45. The van der Waals surface area contributed by atoms with Crippen molar-refractivity contribution in [1.29, 1.82) is 0 Å². The van der Waals surface area contributed by atoms with Crippen molar-refractivity contribution in [3.8, 4) is 0 Å². The highest BCUT2D eigenvalue weighted by Crippen LogP contribution is 2.18. The SMILES string of the molecule is CCNC(COCc1ccccc1)c1ccc(C)c(C)c1. The molecule has 2 nitrogen and oxygen atoms in total. The lowest BCUT2D eigenvalue weighted by Gasteiger charge is -2.19. The van der Waals surface area contributed by atoms with Crippen molar-refractivity contribution in [3.05, 3.63) is 70.8 Å². The van der Waals surface area contributed by atoms with E-state index in [0.29, 0.717) is 13.2 Å². The molecule has 0 saturated heterocycles. The zero-order valence-corrected chi connectivity index (χ0v) is 13.2. The first kappa shape index (κ1) is 15.7. The number of hydrogen-bond donors (Lipinski definition) is 1. The van der Waals surface area contributed by atoms with E-state index in [4.69, 9.17) is 4.74 Å². The van der Waals surface area contributed by atoms with Gasteiger partial charge in [0.15, 0.2) is 0 Å². The minimum atomic E-state index is 0.248. The lowest BCUT2D eigenvalue weighted by atomic mass is 10.0. The largest absolute Gasteiger partial charge is 0.375 e. The molecule has 1 unspecified atom stereocenters. The molecule has 0 aliphatic carbocycles. The van der Waals surface area contributed by atoms with Crippen LogP contribution in [-0.2, 0) is 11.3 Å². The van der Waals surface area contributed by atoms with Gasteiger partial charge in [-0.15, -0.1) is 0 Å². The predicted octanol–water partition coefficient (Wildman–Crippen LogP) is 4.17. The van der Waals surface area contributed by atoms with Crippen LogP contribution in [0.4, 0.5) is 0 Å². The molecule has 0 spiro atoms. The Labute approximate surface area is 128 Å². The summed E-state index contributed by atoms with van der Waals surface area (Å²) in [4.78, 5) is 0. The van der Waals surface area contributed by atoms with E-state index in [2.05, 4.69) is 56.4 Å². The van der Waals surface area contributed by atoms with Gasteiger partial charge >= 0.3 is 0 Å². The van der Waals surface area contributed by atoms with Crippen LogP contribution >= 0.6 is 0 Å². The average Bonchev–Trinajstić information content (AvgIpc) is 2.50. The number of hydrogen-bond acceptors (Lipinski definition) is 2. The minimum absolute atomic E-state index is 0.248. The van der Waals surface area contributed by atoms with Gasteiger partial charge in [-0.05, 0) is 42.6 Å². The summed E-state index contributed by atoms with van der Waals surface area (Å²) in [6, 6.07) is 17.2. The molecule has 0 radical (unpaired) electrons. The first-order valence-corrected chi connectivity index (χ1v) is 7.63. The van der Waals surface area contributed by atoms with Crippen molar-refractivity contribution in [3.63, 3.8) is 0 Å². The summed E-state index contributed by atoms with van der Waals surface area (Å²) in [7, 11) is 0. The first-order valence-electron chi connectivity index (χ1n) is 7.63. The smallest absolute Gasteiger partial charge is 0.0717 e. The summed E-state index contributed by atoms with van der Waals surface area (Å²) < 4.78 is 5.90. The van der Waals surface area contributed by atoms with Gasteiger partial charge in [-0.3, -0.25) is 0 Å². The maximum atomic E-state index is 5.90. The number of rotatable bonds is 7. The van der Waals surface area contributed by atoms with Gasteiger partial charge in [0.2, 0.25) is 0 Å². The highest BCUT2D eigenvalue weighted by atomic mass is 16.5. The molecule has 0 aliphatic heterocycles. The lowest BCUT2D eigenvalue weighted by Crippen LogP contribution is -2.25. The summed E-state index contributed by atoms with van der Waals surface area (Å²) >= 11 is 0. The molecular formula is C19H25NO. The van der Waals surface area contributed by atoms with Crippen molar-refractivity contribution < 1.29 is 4.74 Å². The van der Waals surface area contributed by atoms with Crippen molar-refractivity contribution >= 4 is 0 Å². The highest BCUT2D eigenvalue weighted by molar-refractivity contribution is 5.31. The van der Waals surface area contributed by atoms with Crippen LogP contribution in [0.25, 0.3) is 0 Å². The zero-order valence-electron chi connectivity index (χ0n) is 13.2. The summed E-state index contributed by atoms with van der Waals surface area (Å²) in [5.41, 5.74) is 5.18. The van der Waals surface area contributed by atoms with Crippen LogP contribution in [0.5, 0.6) is 0 Å². The van der Waals surface area contributed by atoms with Gasteiger partial charge in [0, 0.05) is 0 Å². The molecule has 21 heavy (non-hydrogen) atoms. The molecule has 1 N–H and O–H groups in total. The van der Waals surface area contributed by atoms with Gasteiger partial charge in [-0.25, -0.2) is 0 Å². The quantitative estimate of drug-likeness (QED) is 0.823. The molecule has 0 saturated carbocycles. The second kappa shape index (κ2) is 7.96. The Morgan fingerprint density at radius 2 is 1.76 bits per heavy atom. The van der Waals surface area contributed by atoms with Crippen LogP contribution < -0.4 is 5.32 Å². The Morgan fingerprint density at radius 1 is 1.00 bits per heavy atom. The van der Waals surface area contributed by atoms with Gasteiger partial charge in [0.1, 0.15) is 0 Å². The van der Waals surface area contributed by atoms with E-state index in [1.165, 1.54) is 22.3 Å². The molecule has 2 heteroatoms. The van der Waals surface area contributed by atoms with Crippen LogP contribution in [0.2, 0.25) is 0 Å². The van der Waals surface area contributed by atoms with E-state index in [9.17, 15) is 0 Å². The summed E-state index contributed by atoms with van der Waals surface area (Å²) in [6.45, 7) is 8.72. The number of likely N-dealkylation sites (N-methyl/N-ethyl adjacent to an activating group) is 1. The minimum Gasteiger partial charge on any atom is -0.375 e. The number of benzene rings is 2. The average molecular weight is 283 g/mol. The van der Waals surface area contributed by atoms with Crippen molar-refractivity contribution in [2.75, 3.05) is 13.2 Å². The summed E-state index contributed by atoms with van der Waals surface area (Å²) in [5.74, 6) is 0. The number of nitrogens with one attached hydrogen (secondary N) is 1. The van der Waals surface area contributed by atoms with Gasteiger partial charge in [0.25, 0.3) is 0 Å². The summed E-state index contributed by atoms with van der Waals surface area (Å²) in [6.07, 6.45) is 0. The van der Waals surface area contributed by atoms with Crippen LogP contribution in [0, 0.1) is 13.8 Å². The van der Waals surface area contributed by atoms with Gasteiger partial charge < -0.3 is 10.1 Å². The molecule has 2 aromatic rings. The van der Waals surface area contributed by atoms with Crippen molar-refractivity contribution in [2.45, 2.75) is 33.4 Å². The van der Waals surface area contributed by atoms with E-state index >= 15 is 0 Å². The van der Waals surface area contributed by atoms with E-state index in [1.54, 1.807) is 0 Å². The summed E-state index contributed by atoms with van der Waals surface area (Å²) in [5, 5.41) is 3.51. The van der Waals surface area contributed by atoms with Crippen molar-refractivity contribution in [2.24, 2.45) is 0 Å². The van der Waals surface area contributed by atoms with E-state index < -0.39 is 0 Å². The van der Waals surface area contributed by atoms with Gasteiger partial charge in [0.05, 0.1) is 19.3 Å². The third-order valence-electron chi connectivity index (χ3n) is 3.78. The highest BCUT2D eigenvalue weighted by Gasteiger charge is 2.11. The van der Waals surface area contributed by atoms with Gasteiger partial charge in [-0.1, -0.05) is 55.5 Å². The molecule has 0 fully saturated rings. The zero-order chi connectivity index (χ0) is 15.1. The van der Waals surface area contributed by atoms with Crippen LogP contribution in [0.3, 0.4) is 0 Å². The molecule has 2 aromatic carbocycles. The molecule has 0 heterocycles. The van der Waals surface area contributed by atoms with Crippen molar-refractivity contribution in [1.82, 2.24) is 5.32 Å². The predicted molar refractivity (Wildman–Crippen MR) is 88.4 cm³/mol. The van der Waals surface area contributed by atoms with Crippen LogP contribution in [0.15, 0.2) is 48.5 Å². The Hall–Kier alpha value is -1.64. The fourth-order valence-corrected chi connectivity index (χ4v) is 2.37. The number of aryl methyl sites for hydroxylation is 2. The fraction of sp³-hybridized carbons (Fsp3) is 0.368. The molecule has 0 aromatic heterocycles. The topological polar surface area (TPSA) is 21.3 Å². The molecule has 0 aliphatic rings. The third kappa shape index (κ3) is 4.69.